The van der Waals surface area contributed by atoms with Crippen LogP contribution in [0.5, 0.6) is 11.5 Å². The number of carbonyl (C=O) groups is 3. The van der Waals surface area contributed by atoms with E-state index in [4.69, 9.17) is 18.6 Å². The average Bonchev–Trinajstić information content (AvgIpc) is 3.73. The number of carbonyl (C=O) groups excluding carboxylic acids is 3. The summed E-state index contributed by atoms with van der Waals surface area (Å²) in [4.78, 5) is 56.4. The first-order valence-corrected chi connectivity index (χ1v) is 15.1. The Morgan fingerprint density at radius 1 is 0.851 bits per heavy atom. The van der Waals surface area contributed by atoms with E-state index >= 15 is 0 Å². The minimum absolute atomic E-state index is 0.0550. The molecule has 47 heavy (non-hydrogen) atoms. The zero-order chi connectivity index (χ0) is 32.9. The fourth-order valence-corrected chi connectivity index (χ4v) is 5.99. The van der Waals surface area contributed by atoms with E-state index in [1.165, 1.54) is 41.4 Å². The van der Waals surface area contributed by atoms with Crippen molar-refractivity contribution in [3.8, 4) is 11.5 Å². The van der Waals surface area contributed by atoms with E-state index in [-0.39, 0.29) is 22.6 Å². The third-order valence-corrected chi connectivity index (χ3v) is 8.15. The van der Waals surface area contributed by atoms with Gasteiger partial charge in [-0.3, -0.25) is 9.36 Å². The lowest BCUT2D eigenvalue weighted by molar-refractivity contribution is -0.136. The van der Waals surface area contributed by atoms with Gasteiger partial charge in [0, 0.05) is 6.08 Å². The van der Waals surface area contributed by atoms with E-state index in [0.717, 1.165) is 5.56 Å². The Hall–Kier alpha value is -6.07. The normalized spacial score (nSPS) is 14.4. The topological polar surface area (TPSA) is 126 Å². The second-order valence-corrected chi connectivity index (χ2v) is 11.3. The minimum atomic E-state index is -0.846. The van der Waals surface area contributed by atoms with Crippen molar-refractivity contribution in [3.63, 3.8) is 0 Å². The number of rotatable bonds is 8. The average molecular weight is 647 g/mol. The Bertz CT molecular complexity index is 2190. The van der Waals surface area contributed by atoms with Crippen molar-refractivity contribution >= 4 is 41.4 Å². The second kappa shape index (κ2) is 13.5. The van der Waals surface area contributed by atoms with Crippen LogP contribution in [-0.2, 0) is 14.3 Å². The maximum atomic E-state index is 13.9. The number of fused-ring (bicyclic) bond motifs is 1. The van der Waals surface area contributed by atoms with Gasteiger partial charge in [0.15, 0.2) is 4.80 Å². The summed E-state index contributed by atoms with van der Waals surface area (Å²) in [6.45, 7) is 1.69. The molecule has 1 aliphatic rings. The molecule has 0 amide bonds. The number of benzene rings is 3. The van der Waals surface area contributed by atoms with Crippen LogP contribution in [0.1, 0.15) is 40.2 Å². The summed E-state index contributed by atoms with van der Waals surface area (Å²) in [7, 11) is 1.27. The quantitative estimate of drug-likeness (QED) is 0.133. The highest BCUT2D eigenvalue weighted by molar-refractivity contribution is 7.07. The van der Waals surface area contributed by atoms with Crippen molar-refractivity contribution < 1.29 is 33.0 Å². The van der Waals surface area contributed by atoms with Crippen LogP contribution in [0.3, 0.4) is 0 Å². The number of furan rings is 1. The molecule has 11 heteroatoms. The highest BCUT2D eigenvalue weighted by Gasteiger charge is 2.33. The van der Waals surface area contributed by atoms with Crippen molar-refractivity contribution in [2.45, 2.75) is 13.0 Å². The van der Waals surface area contributed by atoms with Gasteiger partial charge < -0.3 is 18.6 Å². The molecule has 0 N–H and O–H groups in total. The molecular weight excluding hydrogens is 620 g/mol. The van der Waals surface area contributed by atoms with Crippen molar-refractivity contribution in [2.24, 2.45) is 4.99 Å². The number of allylic oxidation sites excluding steroid dienone is 1. The molecule has 10 nitrogen and oxygen atoms in total. The number of esters is 3. The molecule has 234 valence electrons. The standard InChI is InChI=1S/C36H26N2O8S/c1-22-31(35(42)43-2)32(25-13-17-27(18-14-25)46-34(41)28-9-6-20-44-28)38-33(40)29(47-36(38)37-22)21-24-10-15-26(16-11-24)45-30(39)19-12-23-7-4-3-5-8-23/h3-21,32H,1-2H3/b19-12+,29-21+. The Labute approximate surface area is 271 Å². The Kier molecular flexibility index (Phi) is 8.89. The van der Waals surface area contributed by atoms with Crippen molar-refractivity contribution in [1.29, 1.82) is 0 Å². The first-order valence-electron chi connectivity index (χ1n) is 14.3. The van der Waals surface area contributed by atoms with Crippen LogP contribution in [0.15, 0.2) is 129 Å². The molecule has 0 saturated heterocycles. The van der Waals surface area contributed by atoms with Crippen LogP contribution in [-0.4, -0.2) is 29.6 Å². The van der Waals surface area contributed by atoms with Crippen LogP contribution in [0, 0.1) is 0 Å². The summed E-state index contributed by atoms with van der Waals surface area (Å²) < 4.78 is 22.8. The van der Waals surface area contributed by atoms with E-state index in [2.05, 4.69) is 4.99 Å². The van der Waals surface area contributed by atoms with Crippen LogP contribution in [0.4, 0.5) is 0 Å². The summed E-state index contributed by atoms with van der Waals surface area (Å²) in [6, 6.07) is 24.8. The lowest BCUT2D eigenvalue weighted by atomic mass is 9.96. The van der Waals surface area contributed by atoms with Crippen LogP contribution < -0.4 is 24.4 Å². The van der Waals surface area contributed by atoms with E-state index in [0.29, 0.717) is 31.9 Å². The fourth-order valence-electron chi connectivity index (χ4n) is 4.94. The summed E-state index contributed by atoms with van der Waals surface area (Å²) in [5, 5.41) is 0. The lowest BCUT2D eigenvalue weighted by Gasteiger charge is -2.24. The summed E-state index contributed by atoms with van der Waals surface area (Å²) in [5.41, 5.74) is 2.41. The van der Waals surface area contributed by atoms with E-state index in [1.807, 2.05) is 30.3 Å². The molecule has 2 aromatic heterocycles. The molecule has 1 aliphatic heterocycles. The predicted molar refractivity (Wildman–Crippen MR) is 173 cm³/mol. The minimum Gasteiger partial charge on any atom is -0.466 e. The van der Waals surface area contributed by atoms with Gasteiger partial charge in [-0.05, 0) is 72.2 Å². The van der Waals surface area contributed by atoms with Crippen LogP contribution in [0.2, 0.25) is 0 Å². The van der Waals surface area contributed by atoms with Gasteiger partial charge in [0.2, 0.25) is 5.76 Å². The van der Waals surface area contributed by atoms with Gasteiger partial charge in [0.1, 0.15) is 11.5 Å². The van der Waals surface area contributed by atoms with Gasteiger partial charge in [-0.25, -0.2) is 19.4 Å². The molecule has 0 spiro atoms. The maximum absolute atomic E-state index is 13.9. The first-order chi connectivity index (χ1) is 22.8. The molecule has 3 heterocycles. The molecular formula is C36H26N2O8S. The van der Waals surface area contributed by atoms with E-state index in [1.54, 1.807) is 73.7 Å². The lowest BCUT2D eigenvalue weighted by Crippen LogP contribution is -2.39. The smallest absolute Gasteiger partial charge is 0.379 e. The van der Waals surface area contributed by atoms with Crippen LogP contribution in [0.25, 0.3) is 12.2 Å². The van der Waals surface area contributed by atoms with Gasteiger partial charge in [0.25, 0.3) is 5.56 Å². The maximum Gasteiger partial charge on any atom is 0.379 e. The van der Waals surface area contributed by atoms with Crippen molar-refractivity contribution in [2.75, 3.05) is 7.11 Å². The molecule has 0 fully saturated rings. The van der Waals surface area contributed by atoms with Gasteiger partial charge in [-0.15, -0.1) is 0 Å². The number of hydrogen-bond donors (Lipinski definition) is 0. The number of hydrogen-bond acceptors (Lipinski definition) is 10. The summed E-state index contributed by atoms with van der Waals surface area (Å²) >= 11 is 1.18. The summed E-state index contributed by atoms with van der Waals surface area (Å²) in [6.07, 6.45) is 6.10. The largest absolute Gasteiger partial charge is 0.466 e. The number of aromatic nitrogens is 1. The molecule has 1 unspecified atom stereocenters. The van der Waals surface area contributed by atoms with E-state index in [9.17, 15) is 19.2 Å². The highest BCUT2D eigenvalue weighted by atomic mass is 32.1. The van der Waals surface area contributed by atoms with Crippen molar-refractivity contribution in [3.05, 3.63) is 157 Å². The number of methoxy groups -OCH3 is 1. The Balaban J connectivity index is 1.27. The molecule has 0 bridgehead atoms. The van der Waals surface area contributed by atoms with Crippen molar-refractivity contribution in [1.82, 2.24) is 4.57 Å². The molecule has 0 aliphatic carbocycles. The van der Waals surface area contributed by atoms with Gasteiger partial charge in [-0.1, -0.05) is 65.9 Å². The zero-order valence-corrected chi connectivity index (χ0v) is 25.9. The van der Waals surface area contributed by atoms with Gasteiger partial charge >= 0.3 is 17.9 Å². The SMILES string of the molecule is COC(=O)C1=C(C)N=c2s/c(=C/c3ccc(OC(=O)/C=C/c4ccccc4)cc3)c(=O)n2C1c1ccc(OC(=O)c2ccco2)cc1. The summed E-state index contributed by atoms with van der Waals surface area (Å²) in [5.74, 6) is -1.14. The van der Waals surface area contributed by atoms with Crippen LogP contribution >= 0.6 is 11.3 Å². The number of thiazole rings is 1. The van der Waals surface area contributed by atoms with Gasteiger partial charge in [-0.2, -0.15) is 0 Å². The molecule has 0 radical (unpaired) electrons. The molecule has 6 rings (SSSR count). The number of ether oxygens (including phenoxy) is 3. The first kappa shape index (κ1) is 30.9. The fraction of sp³-hybridized carbons (Fsp3) is 0.0833. The van der Waals surface area contributed by atoms with E-state index < -0.39 is 23.9 Å². The Morgan fingerprint density at radius 2 is 1.55 bits per heavy atom. The van der Waals surface area contributed by atoms with Gasteiger partial charge in [0.05, 0.1) is 35.2 Å². The molecule has 5 aromatic rings. The molecule has 1 atom stereocenters. The third kappa shape index (κ3) is 6.80. The monoisotopic (exact) mass is 646 g/mol. The number of nitrogens with zero attached hydrogens (tertiary/aromatic N) is 2. The molecule has 3 aromatic carbocycles. The Morgan fingerprint density at radius 3 is 2.23 bits per heavy atom. The second-order valence-electron chi connectivity index (χ2n) is 10.2. The third-order valence-electron chi connectivity index (χ3n) is 7.16. The predicted octanol–water partition coefficient (Wildman–Crippen LogP) is 4.84. The zero-order valence-electron chi connectivity index (χ0n) is 25.1. The highest BCUT2D eigenvalue weighted by Crippen LogP contribution is 2.31. The molecule has 0 saturated carbocycles.